The maximum atomic E-state index is 14.9. The minimum atomic E-state index is -4.61. The minimum absolute atomic E-state index is 0.0953. The number of hydrogen-bond acceptors (Lipinski definition) is 1. The molecule has 0 atom stereocenters. The maximum Gasteiger partial charge on any atom is 0.417 e. The van der Waals surface area contributed by atoms with Gasteiger partial charge in [0.2, 0.25) is 0 Å². The molecule has 49 heavy (non-hydrogen) atoms. The van der Waals surface area contributed by atoms with Crippen LogP contribution in [0.2, 0.25) is 0 Å². The lowest BCUT2D eigenvalue weighted by molar-refractivity contribution is -0.137. The van der Waals surface area contributed by atoms with E-state index < -0.39 is 11.7 Å². The molecule has 8 rings (SSSR count). The topological polar surface area (TPSA) is 33.6 Å². The summed E-state index contributed by atoms with van der Waals surface area (Å²) in [5.74, 6) is 0. The Kier molecular flexibility index (Phi) is 6.77. The maximum absolute atomic E-state index is 14.9. The number of aryl methyl sites for hydroxylation is 5. The lowest BCUT2D eigenvalue weighted by Crippen LogP contribution is -2.10. The van der Waals surface area contributed by atoms with E-state index in [1.165, 1.54) is 6.07 Å². The van der Waals surface area contributed by atoms with Crippen LogP contribution >= 0.6 is 0 Å². The third-order valence-corrected chi connectivity index (χ3v) is 9.72. The molecule has 6 heteroatoms. The number of nitrogens with zero attached hydrogens (tertiary/aromatic N) is 3. The van der Waals surface area contributed by atoms with Gasteiger partial charge in [0.25, 0.3) is 0 Å². The van der Waals surface area contributed by atoms with Crippen molar-refractivity contribution in [1.29, 1.82) is 5.26 Å². The Labute approximate surface area is 282 Å². The van der Waals surface area contributed by atoms with Gasteiger partial charge in [0.1, 0.15) is 6.07 Å². The summed E-state index contributed by atoms with van der Waals surface area (Å²) in [4.78, 5) is 0. The second-order valence-electron chi connectivity index (χ2n) is 13.2. The highest BCUT2D eigenvalue weighted by Gasteiger charge is 2.35. The first kappa shape index (κ1) is 30.5. The molecule has 2 aromatic heterocycles. The van der Waals surface area contributed by atoms with Crippen molar-refractivity contribution in [3.63, 3.8) is 0 Å². The van der Waals surface area contributed by atoms with Crippen molar-refractivity contribution in [3.8, 4) is 28.6 Å². The highest BCUT2D eigenvalue weighted by molar-refractivity contribution is 6.11. The molecule has 0 saturated carbocycles. The van der Waals surface area contributed by atoms with E-state index in [9.17, 15) is 18.4 Å². The van der Waals surface area contributed by atoms with Gasteiger partial charge in [-0.2, -0.15) is 18.4 Å². The first-order valence-electron chi connectivity index (χ1n) is 16.2. The van der Waals surface area contributed by atoms with E-state index in [0.29, 0.717) is 28.1 Å². The zero-order chi connectivity index (χ0) is 34.4. The van der Waals surface area contributed by atoms with Crippen molar-refractivity contribution in [1.82, 2.24) is 9.13 Å². The molecule has 0 fully saturated rings. The highest BCUT2D eigenvalue weighted by Crippen LogP contribution is 2.45. The number of halogens is 3. The summed E-state index contributed by atoms with van der Waals surface area (Å²) in [6.07, 6.45) is -4.61. The Hall–Kier alpha value is -5.80. The molecule has 0 radical (unpaired) electrons. The Balaban J connectivity index is 1.59. The molecule has 0 aliphatic heterocycles. The van der Waals surface area contributed by atoms with Gasteiger partial charge >= 0.3 is 6.18 Å². The van der Waals surface area contributed by atoms with Gasteiger partial charge in [0, 0.05) is 27.1 Å². The van der Waals surface area contributed by atoms with Gasteiger partial charge in [-0.05, 0) is 112 Å². The Morgan fingerprint density at radius 3 is 1.59 bits per heavy atom. The van der Waals surface area contributed by atoms with Crippen LogP contribution in [0, 0.1) is 45.9 Å². The van der Waals surface area contributed by atoms with Crippen molar-refractivity contribution in [3.05, 3.63) is 142 Å². The summed E-state index contributed by atoms with van der Waals surface area (Å²) in [5, 5.41) is 14.9. The molecule has 6 aromatic carbocycles. The Morgan fingerprint density at radius 2 is 1.04 bits per heavy atom. The number of alkyl halides is 3. The second-order valence-corrected chi connectivity index (χ2v) is 13.2. The molecule has 0 amide bonds. The van der Waals surface area contributed by atoms with E-state index in [4.69, 9.17) is 0 Å². The quantitative estimate of drug-likeness (QED) is 0.188. The predicted octanol–water partition coefficient (Wildman–Crippen LogP) is 12.0. The monoisotopic (exact) mass is 647 g/mol. The van der Waals surface area contributed by atoms with E-state index in [1.54, 1.807) is 25.1 Å². The van der Waals surface area contributed by atoms with Crippen molar-refractivity contribution in [2.45, 2.75) is 40.8 Å². The number of benzene rings is 6. The van der Waals surface area contributed by atoms with Crippen LogP contribution < -0.4 is 0 Å². The fraction of sp³-hybridized carbons (Fsp3) is 0.140. The molecular formula is C43H32F3N3. The van der Waals surface area contributed by atoms with Crippen LogP contribution in [-0.4, -0.2) is 9.13 Å². The van der Waals surface area contributed by atoms with E-state index >= 15 is 0 Å². The average Bonchev–Trinajstić information content (AvgIpc) is 3.54. The molecule has 0 bridgehead atoms. The van der Waals surface area contributed by atoms with Gasteiger partial charge in [-0.3, -0.25) is 0 Å². The van der Waals surface area contributed by atoms with Crippen molar-refractivity contribution < 1.29 is 13.2 Å². The van der Waals surface area contributed by atoms with E-state index in [1.807, 2.05) is 79.3 Å². The lowest BCUT2D eigenvalue weighted by atomic mass is 9.91. The third-order valence-electron chi connectivity index (χ3n) is 9.72. The first-order chi connectivity index (χ1) is 23.4. The SMILES string of the molecule is Cc1ccc2c(c1)c1cc(C)ccc1n2-c1cc(-c2c(C)cccc2C(F)(F)F)c(-n2c3ccc(C)cc3c3ccc(C)cc32)cc1C#N. The van der Waals surface area contributed by atoms with Crippen molar-refractivity contribution in [2.75, 3.05) is 0 Å². The summed E-state index contributed by atoms with van der Waals surface area (Å²) in [6.45, 7) is 9.84. The Morgan fingerprint density at radius 1 is 0.531 bits per heavy atom. The number of hydrogen-bond donors (Lipinski definition) is 0. The van der Waals surface area contributed by atoms with Crippen LogP contribution in [0.5, 0.6) is 0 Å². The molecule has 2 heterocycles. The summed E-state index contributed by atoms with van der Waals surface area (Å²) >= 11 is 0. The van der Waals surface area contributed by atoms with Crippen LogP contribution in [0.3, 0.4) is 0 Å². The fourth-order valence-electron chi connectivity index (χ4n) is 7.51. The predicted molar refractivity (Wildman–Crippen MR) is 194 cm³/mol. The smallest absolute Gasteiger partial charge is 0.309 e. The van der Waals surface area contributed by atoms with Gasteiger partial charge < -0.3 is 9.13 Å². The van der Waals surface area contributed by atoms with Crippen LogP contribution in [0.4, 0.5) is 13.2 Å². The van der Waals surface area contributed by atoms with Crippen molar-refractivity contribution in [2.24, 2.45) is 0 Å². The molecule has 240 valence electrons. The zero-order valence-corrected chi connectivity index (χ0v) is 27.8. The van der Waals surface area contributed by atoms with Gasteiger partial charge in [-0.25, -0.2) is 0 Å². The van der Waals surface area contributed by atoms with E-state index in [-0.39, 0.29) is 5.56 Å². The van der Waals surface area contributed by atoms with Crippen LogP contribution in [0.1, 0.15) is 38.9 Å². The number of nitriles is 1. The fourth-order valence-corrected chi connectivity index (χ4v) is 7.51. The molecular weight excluding hydrogens is 615 g/mol. The number of aromatic nitrogens is 2. The van der Waals surface area contributed by atoms with Crippen LogP contribution in [0.15, 0.2) is 103 Å². The van der Waals surface area contributed by atoms with Gasteiger partial charge in [-0.15, -0.1) is 0 Å². The normalized spacial score (nSPS) is 12.1. The molecule has 0 spiro atoms. The molecule has 0 aliphatic carbocycles. The van der Waals surface area contributed by atoms with Gasteiger partial charge in [-0.1, -0.05) is 59.2 Å². The molecule has 0 unspecified atom stereocenters. The van der Waals surface area contributed by atoms with E-state index in [2.05, 4.69) is 36.4 Å². The van der Waals surface area contributed by atoms with Crippen molar-refractivity contribution >= 4 is 43.6 Å². The highest BCUT2D eigenvalue weighted by atomic mass is 19.4. The lowest BCUT2D eigenvalue weighted by Gasteiger charge is -2.22. The molecule has 0 N–H and O–H groups in total. The van der Waals surface area contributed by atoms with E-state index in [0.717, 1.165) is 71.9 Å². The average molecular weight is 648 g/mol. The summed E-state index contributed by atoms with van der Waals surface area (Å²) in [7, 11) is 0. The Bertz CT molecular complexity index is 2660. The largest absolute Gasteiger partial charge is 0.417 e. The first-order valence-corrected chi connectivity index (χ1v) is 16.2. The van der Waals surface area contributed by atoms with Gasteiger partial charge in [0.05, 0.1) is 44.6 Å². The third kappa shape index (κ3) is 4.72. The molecule has 0 saturated heterocycles. The number of rotatable bonds is 3. The second kappa shape index (κ2) is 10.9. The summed E-state index contributed by atoms with van der Waals surface area (Å²) in [6, 6.07) is 35.0. The number of fused-ring (bicyclic) bond motifs is 6. The van der Waals surface area contributed by atoms with Crippen LogP contribution in [-0.2, 0) is 6.18 Å². The van der Waals surface area contributed by atoms with Gasteiger partial charge in [0.15, 0.2) is 0 Å². The molecule has 8 aromatic rings. The molecule has 0 aliphatic rings. The summed E-state index contributed by atoms with van der Waals surface area (Å²) < 4.78 is 48.9. The van der Waals surface area contributed by atoms with Crippen LogP contribution in [0.25, 0.3) is 66.1 Å². The zero-order valence-electron chi connectivity index (χ0n) is 27.8. The summed E-state index contributed by atoms with van der Waals surface area (Å²) in [5.41, 5.74) is 9.44. The molecule has 3 nitrogen and oxygen atoms in total. The minimum Gasteiger partial charge on any atom is -0.309 e. The standard InChI is InChI=1S/C43H32F3N3/c1-24-10-14-36-31(17-24)30-13-9-27(4)20-40(30)49(36)41-21-29(23-47)39(22-34(41)42-28(5)7-6-8-35(42)43(44,45)46)48-37-15-11-25(2)18-32(37)33-19-26(3)12-16-38(33)48/h6-22H,1-5H3.